The molecule has 0 unspecified atom stereocenters. The fraction of sp³-hybridized carbons (Fsp3) is 0.500. The van der Waals surface area contributed by atoms with Crippen molar-refractivity contribution in [2.24, 2.45) is 0 Å². The molecule has 0 radical (unpaired) electrons. The molecule has 4 heteroatoms. The molecule has 0 bridgehead atoms. The zero-order valence-electron chi connectivity index (χ0n) is 10.7. The van der Waals surface area contributed by atoms with E-state index in [1.165, 1.54) is 5.56 Å². The standard InChI is InChI=1S/C14H18O4/c1-17-12-6-9-4-3-5-10(7-14(15)16)11(9)8-13(12)18-2/h6,8,10H,3-5,7H2,1-2H3,(H,15,16)/t10-/m0/s1. The fourth-order valence-electron chi connectivity index (χ4n) is 2.65. The van der Waals surface area contributed by atoms with Gasteiger partial charge in [-0.15, -0.1) is 0 Å². The van der Waals surface area contributed by atoms with Crippen LogP contribution in [0.1, 0.15) is 36.3 Å². The Morgan fingerprint density at radius 1 is 1.33 bits per heavy atom. The molecule has 1 atom stereocenters. The number of ether oxygens (including phenoxy) is 2. The maximum absolute atomic E-state index is 10.9. The van der Waals surface area contributed by atoms with Gasteiger partial charge >= 0.3 is 5.97 Å². The van der Waals surface area contributed by atoms with Crippen molar-refractivity contribution in [1.29, 1.82) is 0 Å². The number of aliphatic carboxylic acids is 1. The van der Waals surface area contributed by atoms with Crippen molar-refractivity contribution in [3.05, 3.63) is 23.3 Å². The Bertz CT molecular complexity index is 453. The Kier molecular flexibility index (Phi) is 3.75. The van der Waals surface area contributed by atoms with E-state index in [-0.39, 0.29) is 12.3 Å². The van der Waals surface area contributed by atoms with Gasteiger partial charge in [-0.2, -0.15) is 0 Å². The molecule has 98 valence electrons. The second kappa shape index (κ2) is 5.29. The Labute approximate surface area is 107 Å². The number of rotatable bonds is 4. The van der Waals surface area contributed by atoms with E-state index in [2.05, 4.69) is 0 Å². The molecule has 0 amide bonds. The number of benzene rings is 1. The zero-order valence-corrected chi connectivity index (χ0v) is 10.7. The summed E-state index contributed by atoms with van der Waals surface area (Å²) in [5.74, 6) is 0.731. The lowest BCUT2D eigenvalue weighted by molar-refractivity contribution is -0.137. The average Bonchev–Trinajstić information content (AvgIpc) is 2.37. The predicted molar refractivity (Wildman–Crippen MR) is 67.5 cm³/mol. The van der Waals surface area contributed by atoms with Crippen molar-refractivity contribution in [3.63, 3.8) is 0 Å². The summed E-state index contributed by atoms with van der Waals surface area (Å²) < 4.78 is 10.6. The third kappa shape index (κ3) is 2.42. The summed E-state index contributed by atoms with van der Waals surface area (Å²) in [5.41, 5.74) is 2.28. The van der Waals surface area contributed by atoms with E-state index in [1.807, 2.05) is 12.1 Å². The van der Waals surface area contributed by atoms with E-state index >= 15 is 0 Å². The molecule has 0 aliphatic heterocycles. The van der Waals surface area contributed by atoms with Crippen molar-refractivity contribution >= 4 is 5.97 Å². The minimum atomic E-state index is -0.748. The van der Waals surface area contributed by atoms with E-state index in [1.54, 1.807) is 14.2 Å². The smallest absolute Gasteiger partial charge is 0.303 e. The van der Waals surface area contributed by atoms with Crippen LogP contribution < -0.4 is 9.47 Å². The second-order valence-electron chi connectivity index (χ2n) is 4.59. The lowest BCUT2D eigenvalue weighted by Gasteiger charge is -2.25. The minimum Gasteiger partial charge on any atom is -0.493 e. The normalized spacial score (nSPS) is 18.0. The highest BCUT2D eigenvalue weighted by atomic mass is 16.5. The third-order valence-corrected chi connectivity index (χ3v) is 3.50. The van der Waals surface area contributed by atoms with Crippen molar-refractivity contribution in [1.82, 2.24) is 0 Å². The van der Waals surface area contributed by atoms with Gasteiger partial charge in [0.25, 0.3) is 0 Å². The molecule has 0 spiro atoms. The first-order valence-corrected chi connectivity index (χ1v) is 6.12. The zero-order chi connectivity index (χ0) is 13.1. The predicted octanol–water partition coefficient (Wildman–Crippen LogP) is 2.60. The molecule has 18 heavy (non-hydrogen) atoms. The van der Waals surface area contributed by atoms with Gasteiger partial charge < -0.3 is 14.6 Å². The number of hydrogen-bond acceptors (Lipinski definition) is 3. The number of carboxylic acid groups (broad SMARTS) is 1. The Morgan fingerprint density at radius 2 is 2.00 bits per heavy atom. The van der Waals surface area contributed by atoms with Crippen LogP contribution in [-0.2, 0) is 11.2 Å². The average molecular weight is 250 g/mol. The van der Waals surface area contributed by atoms with Gasteiger partial charge in [0, 0.05) is 0 Å². The second-order valence-corrected chi connectivity index (χ2v) is 4.59. The highest BCUT2D eigenvalue weighted by molar-refractivity contribution is 5.68. The highest BCUT2D eigenvalue weighted by Gasteiger charge is 2.24. The van der Waals surface area contributed by atoms with E-state index in [0.29, 0.717) is 11.5 Å². The molecule has 2 rings (SSSR count). The number of fused-ring (bicyclic) bond motifs is 1. The number of hydrogen-bond donors (Lipinski definition) is 1. The number of carboxylic acids is 1. The van der Waals surface area contributed by atoms with Gasteiger partial charge in [0.15, 0.2) is 11.5 Å². The van der Waals surface area contributed by atoms with Gasteiger partial charge in [0.2, 0.25) is 0 Å². The first-order valence-electron chi connectivity index (χ1n) is 6.12. The van der Waals surface area contributed by atoms with Gasteiger partial charge in [0.1, 0.15) is 0 Å². The molecule has 0 fully saturated rings. The molecular weight excluding hydrogens is 232 g/mol. The summed E-state index contributed by atoms with van der Waals surface area (Å²) in [5, 5.41) is 8.96. The summed E-state index contributed by atoms with van der Waals surface area (Å²) in [6.07, 6.45) is 3.11. The van der Waals surface area contributed by atoms with Crippen LogP contribution in [-0.4, -0.2) is 25.3 Å². The van der Waals surface area contributed by atoms with E-state index < -0.39 is 5.97 Å². The number of carbonyl (C=O) groups is 1. The van der Waals surface area contributed by atoms with Gasteiger partial charge in [-0.3, -0.25) is 4.79 Å². The summed E-state index contributed by atoms with van der Waals surface area (Å²) >= 11 is 0. The number of methoxy groups -OCH3 is 2. The Balaban J connectivity index is 2.40. The van der Waals surface area contributed by atoms with Crippen LogP contribution in [0, 0.1) is 0 Å². The van der Waals surface area contributed by atoms with E-state index in [4.69, 9.17) is 14.6 Å². The summed E-state index contributed by atoms with van der Waals surface area (Å²) in [7, 11) is 3.21. The molecule has 0 saturated heterocycles. The van der Waals surface area contributed by atoms with Crippen LogP contribution in [0.4, 0.5) is 0 Å². The Hall–Kier alpha value is -1.71. The summed E-state index contributed by atoms with van der Waals surface area (Å²) in [6.45, 7) is 0. The van der Waals surface area contributed by atoms with Crippen molar-refractivity contribution in [3.8, 4) is 11.5 Å². The van der Waals surface area contributed by atoms with Crippen LogP contribution >= 0.6 is 0 Å². The summed E-state index contributed by atoms with van der Waals surface area (Å²) in [6, 6.07) is 3.91. The van der Waals surface area contributed by atoms with E-state index in [9.17, 15) is 4.79 Å². The third-order valence-electron chi connectivity index (χ3n) is 3.50. The van der Waals surface area contributed by atoms with E-state index in [0.717, 1.165) is 24.8 Å². The molecular formula is C14H18O4. The highest BCUT2D eigenvalue weighted by Crippen LogP contribution is 2.40. The SMILES string of the molecule is COc1cc2c(cc1OC)[C@H](CC(=O)O)CCC2. The van der Waals surface area contributed by atoms with Crippen LogP contribution in [0.15, 0.2) is 12.1 Å². The molecule has 1 aliphatic carbocycles. The molecule has 0 saturated carbocycles. The van der Waals surface area contributed by atoms with Crippen LogP contribution in [0.5, 0.6) is 11.5 Å². The topological polar surface area (TPSA) is 55.8 Å². The van der Waals surface area contributed by atoms with Gasteiger partial charge in [-0.05, 0) is 48.4 Å². The van der Waals surface area contributed by atoms with Crippen LogP contribution in [0.25, 0.3) is 0 Å². The fourth-order valence-corrected chi connectivity index (χ4v) is 2.65. The Morgan fingerprint density at radius 3 is 2.61 bits per heavy atom. The molecule has 1 aliphatic rings. The molecule has 0 aromatic heterocycles. The first-order chi connectivity index (χ1) is 8.65. The van der Waals surface area contributed by atoms with Gasteiger partial charge in [-0.1, -0.05) is 0 Å². The van der Waals surface area contributed by atoms with Crippen LogP contribution in [0.3, 0.4) is 0 Å². The van der Waals surface area contributed by atoms with Crippen molar-refractivity contribution in [2.75, 3.05) is 14.2 Å². The molecule has 1 N–H and O–H groups in total. The lowest BCUT2D eigenvalue weighted by Crippen LogP contribution is -2.14. The van der Waals surface area contributed by atoms with Crippen molar-refractivity contribution < 1.29 is 19.4 Å². The lowest BCUT2D eigenvalue weighted by atomic mass is 9.81. The number of aryl methyl sites for hydroxylation is 1. The molecule has 4 nitrogen and oxygen atoms in total. The summed E-state index contributed by atoms with van der Waals surface area (Å²) in [4.78, 5) is 10.9. The molecule has 1 aromatic rings. The maximum Gasteiger partial charge on any atom is 0.303 e. The largest absolute Gasteiger partial charge is 0.493 e. The van der Waals surface area contributed by atoms with Gasteiger partial charge in [-0.25, -0.2) is 0 Å². The molecule has 1 aromatic carbocycles. The quantitative estimate of drug-likeness (QED) is 0.892. The minimum absolute atomic E-state index is 0.0889. The van der Waals surface area contributed by atoms with Gasteiger partial charge in [0.05, 0.1) is 20.6 Å². The molecule has 0 heterocycles. The van der Waals surface area contributed by atoms with Crippen molar-refractivity contribution in [2.45, 2.75) is 31.6 Å². The maximum atomic E-state index is 10.9. The monoisotopic (exact) mass is 250 g/mol. The van der Waals surface area contributed by atoms with Crippen LogP contribution in [0.2, 0.25) is 0 Å². The first kappa shape index (κ1) is 12.7.